The molecular weight excluding hydrogens is 517 g/mol. The number of guanidine groups is 1. The lowest BCUT2D eigenvalue weighted by Crippen LogP contribution is -2.51. The van der Waals surface area contributed by atoms with Crippen LogP contribution in [0.5, 0.6) is 0 Å². The number of hydrogen-bond acceptors (Lipinski definition) is 3. The summed E-state index contributed by atoms with van der Waals surface area (Å²) >= 11 is 6.56. The summed E-state index contributed by atoms with van der Waals surface area (Å²) in [6, 6.07) is 8.00. The highest BCUT2D eigenvalue weighted by Gasteiger charge is 2.36. The first-order valence-corrected chi connectivity index (χ1v) is 10.8. The fraction of sp³-hybridized carbons (Fsp3) is 0.619. The maximum absolute atomic E-state index is 11.3. The van der Waals surface area contributed by atoms with Crippen LogP contribution in [0.25, 0.3) is 0 Å². The Kier molecular flexibility index (Phi) is 9.96. The van der Waals surface area contributed by atoms with E-state index in [4.69, 9.17) is 27.1 Å². The number of hydrogen-bond donors (Lipinski definition) is 3. The largest absolute Gasteiger partial charge is 0.381 e. The minimum Gasteiger partial charge on any atom is -0.381 e. The number of nitrogens with two attached hydrogens (primary N) is 1. The highest BCUT2D eigenvalue weighted by Crippen LogP contribution is 2.38. The van der Waals surface area contributed by atoms with Gasteiger partial charge in [-0.2, -0.15) is 0 Å². The number of halogens is 2. The summed E-state index contributed by atoms with van der Waals surface area (Å²) in [5.74, 6) is 0.808. The predicted octanol–water partition coefficient (Wildman–Crippen LogP) is 3.10. The molecule has 3 rings (SSSR count). The molecule has 0 saturated carbocycles. The van der Waals surface area contributed by atoms with Crippen molar-refractivity contribution < 1.29 is 9.53 Å². The summed E-state index contributed by atoms with van der Waals surface area (Å²) < 4.78 is 5.63. The van der Waals surface area contributed by atoms with Gasteiger partial charge < -0.3 is 26.0 Å². The molecule has 0 bridgehead atoms. The average molecular weight is 550 g/mol. The van der Waals surface area contributed by atoms with Gasteiger partial charge in [-0.05, 0) is 44.2 Å². The summed E-state index contributed by atoms with van der Waals surface area (Å²) in [6.45, 7) is 6.28. The first-order chi connectivity index (χ1) is 14.0. The number of ether oxygens (including phenoxy) is 1. The van der Waals surface area contributed by atoms with Gasteiger partial charge in [0.1, 0.15) is 0 Å². The lowest BCUT2D eigenvalue weighted by molar-refractivity contribution is 0.0531. The zero-order valence-corrected chi connectivity index (χ0v) is 20.6. The van der Waals surface area contributed by atoms with E-state index >= 15 is 0 Å². The number of carbonyl (C=O) groups is 1. The Balaban J connectivity index is 0.00000320. The molecule has 0 aromatic heterocycles. The van der Waals surface area contributed by atoms with E-state index < -0.39 is 0 Å². The molecule has 0 aliphatic carbocycles. The standard InChI is InChI=1S/C21H32ClN5O2.HI/c1-2-24-20(26-16-7-11-27(12-8-16)19(23)28)25-15-21(9-13-29-14-10-21)17-5-3-4-6-18(17)22;/h3-6,16H,2,7-15H2,1H3,(H2,23,28)(H2,24,25,26);1H. The van der Waals surface area contributed by atoms with Crippen molar-refractivity contribution in [3.63, 3.8) is 0 Å². The Morgan fingerprint density at radius 1 is 1.30 bits per heavy atom. The second-order valence-corrected chi connectivity index (χ2v) is 8.22. The number of nitrogens with zero attached hydrogens (tertiary/aromatic N) is 2. The monoisotopic (exact) mass is 549 g/mol. The number of urea groups is 1. The van der Waals surface area contributed by atoms with Crippen molar-refractivity contribution in [2.24, 2.45) is 10.7 Å². The molecule has 2 aliphatic heterocycles. The van der Waals surface area contributed by atoms with Gasteiger partial charge in [-0.25, -0.2) is 4.79 Å². The first-order valence-electron chi connectivity index (χ1n) is 10.5. The molecule has 2 saturated heterocycles. The summed E-state index contributed by atoms with van der Waals surface area (Å²) in [4.78, 5) is 18.0. The molecule has 1 aromatic rings. The number of piperidine rings is 1. The van der Waals surface area contributed by atoms with Gasteiger partial charge in [0, 0.05) is 49.3 Å². The summed E-state index contributed by atoms with van der Waals surface area (Å²) in [5.41, 5.74) is 6.42. The minimum absolute atomic E-state index is 0. The SMILES string of the molecule is CCNC(=NCC1(c2ccccc2Cl)CCOCC1)NC1CCN(C(N)=O)CC1.I. The fourth-order valence-electron chi connectivity index (χ4n) is 4.15. The van der Waals surface area contributed by atoms with Gasteiger partial charge in [-0.15, -0.1) is 24.0 Å². The Morgan fingerprint density at radius 2 is 1.97 bits per heavy atom. The van der Waals surface area contributed by atoms with Crippen LogP contribution in [0.15, 0.2) is 29.3 Å². The Labute approximate surface area is 201 Å². The number of likely N-dealkylation sites (tertiary alicyclic amines) is 1. The van der Waals surface area contributed by atoms with E-state index in [0.29, 0.717) is 19.6 Å². The number of primary amides is 1. The maximum atomic E-state index is 11.3. The predicted molar refractivity (Wildman–Crippen MR) is 132 cm³/mol. The van der Waals surface area contributed by atoms with Crippen molar-refractivity contribution in [3.05, 3.63) is 34.9 Å². The summed E-state index contributed by atoms with van der Waals surface area (Å²) in [5, 5.41) is 7.68. The highest BCUT2D eigenvalue weighted by molar-refractivity contribution is 14.0. The fourth-order valence-corrected chi connectivity index (χ4v) is 4.49. The smallest absolute Gasteiger partial charge is 0.314 e. The Hall–Kier alpha value is -1.26. The molecular formula is C21H33ClIN5O2. The van der Waals surface area contributed by atoms with Crippen LogP contribution in [0.2, 0.25) is 5.02 Å². The van der Waals surface area contributed by atoms with Crippen molar-refractivity contribution in [3.8, 4) is 0 Å². The van der Waals surface area contributed by atoms with Gasteiger partial charge >= 0.3 is 6.03 Å². The van der Waals surface area contributed by atoms with Crippen molar-refractivity contribution in [2.75, 3.05) is 39.4 Å². The van der Waals surface area contributed by atoms with Crippen molar-refractivity contribution in [2.45, 2.75) is 44.1 Å². The van der Waals surface area contributed by atoms with E-state index in [-0.39, 0.29) is 41.5 Å². The molecule has 9 heteroatoms. The topological polar surface area (TPSA) is 92.0 Å². The van der Waals surface area contributed by atoms with E-state index in [1.165, 1.54) is 0 Å². The minimum atomic E-state index is -0.342. The molecule has 2 amide bonds. The second kappa shape index (κ2) is 12.0. The zero-order chi connectivity index (χ0) is 20.7. The Bertz CT molecular complexity index is 719. The third-order valence-electron chi connectivity index (χ3n) is 5.93. The van der Waals surface area contributed by atoms with Gasteiger partial charge in [-0.1, -0.05) is 29.8 Å². The molecule has 30 heavy (non-hydrogen) atoms. The van der Waals surface area contributed by atoms with Crippen LogP contribution < -0.4 is 16.4 Å². The molecule has 2 aliphatic rings. The molecule has 2 heterocycles. The zero-order valence-electron chi connectivity index (χ0n) is 17.5. The maximum Gasteiger partial charge on any atom is 0.314 e. The number of carbonyl (C=O) groups excluding carboxylic acids is 1. The molecule has 4 N–H and O–H groups in total. The van der Waals surface area contributed by atoms with Crippen molar-refractivity contribution in [1.29, 1.82) is 0 Å². The normalized spacial score (nSPS) is 19.7. The lowest BCUT2D eigenvalue weighted by atomic mass is 9.74. The molecule has 0 spiro atoms. The van der Waals surface area contributed by atoms with Crippen LogP contribution in [0, 0.1) is 0 Å². The van der Waals surface area contributed by atoms with E-state index in [9.17, 15) is 4.79 Å². The van der Waals surface area contributed by atoms with Crippen LogP contribution in [0.1, 0.15) is 38.2 Å². The molecule has 2 fully saturated rings. The van der Waals surface area contributed by atoms with Gasteiger partial charge in [0.15, 0.2) is 5.96 Å². The average Bonchev–Trinajstić information content (AvgIpc) is 2.73. The Morgan fingerprint density at radius 3 is 2.57 bits per heavy atom. The number of rotatable bonds is 5. The number of amides is 2. The van der Waals surface area contributed by atoms with Crippen molar-refractivity contribution in [1.82, 2.24) is 15.5 Å². The van der Waals surface area contributed by atoms with Gasteiger partial charge in [0.2, 0.25) is 0 Å². The van der Waals surface area contributed by atoms with Crippen LogP contribution in [0.3, 0.4) is 0 Å². The van der Waals surface area contributed by atoms with Gasteiger partial charge in [0.05, 0.1) is 6.54 Å². The molecule has 168 valence electrons. The van der Waals surface area contributed by atoms with Crippen molar-refractivity contribution >= 4 is 47.6 Å². The number of nitrogens with one attached hydrogen (secondary N) is 2. The van der Waals surface area contributed by atoms with E-state index in [1.807, 2.05) is 18.2 Å². The molecule has 0 unspecified atom stereocenters. The highest BCUT2D eigenvalue weighted by atomic mass is 127. The molecule has 0 radical (unpaired) electrons. The first kappa shape index (κ1) is 25.0. The molecule has 1 aromatic carbocycles. The van der Waals surface area contributed by atoms with Gasteiger partial charge in [0.25, 0.3) is 0 Å². The number of aliphatic imine (C=N–C) groups is 1. The van der Waals surface area contributed by atoms with E-state index in [0.717, 1.165) is 62.0 Å². The van der Waals surface area contributed by atoms with Gasteiger partial charge in [-0.3, -0.25) is 4.99 Å². The van der Waals surface area contributed by atoms with Crippen LogP contribution in [-0.2, 0) is 10.2 Å². The molecule has 7 nitrogen and oxygen atoms in total. The second-order valence-electron chi connectivity index (χ2n) is 7.81. The van der Waals surface area contributed by atoms with E-state index in [2.05, 4.69) is 23.6 Å². The third-order valence-corrected chi connectivity index (χ3v) is 6.26. The van der Waals surface area contributed by atoms with Crippen LogP contribution in [0.4, 0.5) is 4.79 Å². The summed E-state index contributed by atoms with van der Waals surface area (Å²) in [6.07, 6.45) is 3.51. The lowest BCUT2D eigenvalue weighted by Gasteiger charge is -2.37. The number of benzene rings is 1. The van der Waals surface area contributed by atoms with Crippen LogP contribution >= 0.6 is 35.6 Å². The quantitative estimate of drug-likeness (QED) is 0.299. The van der Waals surface area contributed by atoms with E-state index in [1.54, 1.807) is 4.90 Å². The molecule has 0 atom stereocenters. The van der Waals surface area contributed by atoms with Crippen LogP contribution in [-0.4, -0.2) is 62.3 Å². The third kappa shape index (κ3) is 6.37. The summed E-state index contributed by atoms with van der Waals surface area (Å²) in [7, 11) is 0.